The number of aromatic nitrogens is 2. The van der Waals surface area contributed by atoms with Crippen molar-refractivity contribution in [3.63, 3.8) is 0 Å². The van der Waals surface area contributed by atoms with Crippen molar-refractivity contribution in [1.82, 2.24) is 14.5 Å². The van der Waals surface area contributed by atoms with Crippen LogP contribution in [0.2, 0.25) is 0 Å². The summed E-state index contributed by atoms with van der Waals surface area (Å²) in [6.45, 7) is 5.72. The van der Waals surface area contributed by atoms with E-state index in [1.165, 1.54) is 34.2 Å². The van der Waals surface area contributed by atoms with Gasteiger partial charge in [-0.05, 0) is 48.4 Å². The topological polar surface area (TPSA) is 166 Å². The number of benzene rings is 1. The molecule has 0 radical (unpaired) electrons. The second-order valence-corrected chi connectivity index (χ2v) is 11.2. The zero-order valence-electron chi connectivity index (χ0n) is 19.8. The molecule has 2 aromatic heterocycles. The molecule has 0 spiro atoms. The van der Waals surface area contributed by atoms with Crippen molar-refractivity contribution >= 4 is 38.8 Å². The number of amidine groups is 1. The van der Waals surface area contributed by atoms with E-state index in [4.69, 9.17) is 10.5 Å². The number of carbonyl (C=O) groups excluding carboxylic acids is 1. The summed E-state index contributed by atoms with van der Waals surface area (Å²) >= 11 is 1.34. The molecule has 0 fully saturated rings. The molecule has 3 aromatic rings. The van der Waals surface area contributed by atoms with E-state index in [9.17, 15) is 23.1 Å². The van der Waals surface area contributed by atoms with Crippen LogP contribution in [0.15, 0.2) is 44.3 Å². The molecule has 36 heavy (non-hydrogen) atoms. The van der Waals surface area contributed by atoms with E-state index in [0.717, 1.165) is 5.56 Å². The Labute approximate surface area is 211 Å². The van der Waals surface area contributed by atoms with Gasteiger partial charge in [-0.25, -0.2) is 18.1 Å². The molecule has 0 unspecified atom stereocenters. The Bertz CT molecular complexity index is 1540. The first-order valence-corrected chi connectivity index (χ1v) is 13.4. The number of nitrogens with one attached hydrogen (secondary N) is 1. The highest BCUT2D eigenvalue weighted by Crippen LogP contribution is 2.37. The van der Waals surface area contributed by atoms with Crippen LogP contribution in [0.5, 0.6) is 11.5 Å². The van der Waals surface area contributed by atoms with Crippen LogP contribution in [-0.2, 0) is 21.4 Å². The third kappa shape index (κ3) is 4.97. The minimum atomic E-state index is -4.20. The van der Waals surface area contributed by atoms with Gasteiger partial charge in [-0.2, -0.15) is 5.10 Å². The third-order valence-electron chi connectivity index (χ3n) is 5.43. The fourth-order valence-corrected chi connectivity index (χ4v) is 5.64. The lowest BCUT2D eigenvalue weighted by molar-refractivity contribution is -0.119. The highest BCUT2D eigenvalue weighted by molar-refractivity contribution is 7.90. The van der Waals surface area contributed by atoms with Gasteiger partial charge in [0.05, 0.1) is 10.6 Å². The second kappa shape index (κ2) is 9.74. The Balaban J connectivity index is 1.88. The lowest BCUT2D eigenvalue weighted by Crippen LogP contribution is -2.39. The molecule has 1 amide bonds. The summed E-state index contributed by atoms with van der Waals surface area (Å²) in [5.74, 6) is -1.10. The van der Waals surface area contributed by atoms with E-state index in [0.29, 0.717) is 11.3 Å². The molecule has 0 atom stereocenters. The fraction of sp³-hybridized carbons (Fsp3) is 0.304. The number of fused-ring (bicyclic) bond motifs is 1. The van der Waals surface area contributed by atoms with Gasteiger partial charge in [0, 0.05) is 12.6 Å². The Morgan fingerprint density at radius 1 is 1.31 bits per heavy atom. The molecule has 4 rings (SSSR count). The van der Waals surface area contributed by atoms with Crippen molar-refractivity contribution < 1.29 is 23.1 Å². The van der Waals surface area contributed by atoms with Gasteiger partial charge in [-0.1, -0.05) is 13.8 Å². The average molecular weight is 532 g/mol. The number of aryl methyl sites for hydroxylation is 2. The average Bonchev–Trinajstić information content (AvgIpc) is 3.22. The quantitative estimate of drug-likeness (QED) is 0.401. The maximum absolute atomic E-state index is 13.4. The number of aromatic hydroxyl groups is 1. The van der Waals surface area contributed by atoms with Crippen molar-refractivity contribution in [3.8, 4) is 22.1 Å². The van der Waals surface area contributed by atoms with Gasteiger partial charge in [0.1, 0.15) is 21.9 Å². The molecule has 190 valence electrons. The Kier molecular flexibility index (Phi) is 6.87. The fourth-order valence-electron chi connectivity index (χ4n) is 3.55. The van der Waals surface area contributed by atoms with Gasteiger partial charge in [0.15, 0.2) is 18.2 Å². The molecule has 3 heterocycles. The Morgan fingerprint density at radius 2 is 2.06 bits per heavy atom. The van der Waals surface area contributed by atoms with Crippen LogP contribution in [0.1, 0.15) is 31.4 Å². The minimum absolute atomic E-state index is 0.0355. The van der Waals surface area contributed by atoms with E-state index >= 15 is 0 Å². The van der Waals surface area contributed by atoms with Crippen molar-refractivity contribution in [3.05, 3.63) is 51.1 Å². The summed E-state index contributed by atoms with van der Waals surface area (Å²) in [4.78, 5) is 29.2. The maximum Gasteiger partial charge on any atom is 0.281 e. The molecule has 1 aliphatic heterocycles. The van der Waals surface area contributed by atoms with Crippen LogP contribution in [0, 0.1) is 12.8 Å². The van der Waals surface area contributed by atoms with Crippen LogP contribution in [0.25, 0.3) is 10.6 Å². The minimum Gasteiger partial charge on any atom is -0.505 e. The van der Waals surface area contributed by atoms with E-state index in [1.807, 2.05) is 32.2 Å². The monoisotopic (exact) mass is 531 g/mol. The predicted molar refractivity (Wildman–Crippen MR) is 135 cm³/mol. The number of aliphatic imine (C=N–C) groups is 1. The zero-order valence-corrected chi connectivity index (χ0v) is 21.4. The van der Waals surface area contributed by atoms with Gasteiger partial charge < -0.3 is 15.6 Å². The van der Waals surface area contributed by atoms with Crippen LogP contribution < -0.4 is 20.8 Å². The summed E-state index contributed by atoms with van der Waals surface area (Å²) < 4.78 is 34.9. The lowest BCUT2D eigenvalue weighted by Gasteiger charge is -2.20. The van der Waals surface area contributed by atoms with Gasteiger partial charge >= 0.3 is 0 Å². The lowest BCUT2D eigenvalue weighted by atomic mass is 10.1. The number of primary amides is 1. The van der Waals surface area contributed by atoms with Gasteiger partial charge in [0.25, 0.3) is 21.5 Å². The first-order chi connectivity index (χ1) is 17.0. The molecule has 11 nitrogen and oxygen atoms in total. The normalized spacial score (nSPS) is 14.2. The Morgan fingerprint density at radius 3 is 2.69 bits per heavy atom. The number of nitrogens with zero attached hydrogens (tertiary/aromatic N) is 3. The van der Waals surface area contributed by atoms with Crippen molar-refractivity contribution in [2.75, 3.05) is 6.61 Å². The van der Waals surface area contributed by atoms with Crippen LogP contribution in [0.3, 0.4) is 0 Å². The Hall–Kier alpha value is -3.71. The molecule has 0 aliphatic carbocycles. The number of ether oxygens (including phenoxy) is 1. The number of sulfonamides is 1. The number of thiophene rings is 1. The molecule has 0 saturated carbocycles. The number of carbonyl (C=O) groups is 1. The van der Waals surface area contributed by atoms with Gasteiger partial charge in [-0.15, -0.1) is 11.3 Å². The standard InChI is InChI=1S/C23H25N5O6S2/c1-12(2)6-8-28-23(31)18(20(30)19(26-28)21-13(3)7-9-35-21)22-25-15-5-4-14(34-11-17(24)29)10-16(15)36(32,33)27-22/h4-5,7,9-10,12,30H,6,8,11H2,1-3H3,(H2,24,29)(H,25,27). The first-order valence-electron chi connectivity index (χ1n) is 11.0. The first kappa shape index (κ1) is 25.4. The van der Waals surface area contributed by atoms with Crippen LogP contribution in [0.4, 0.5) is 5.69 Å². The smallest absolute Gasteiger partial charge is 0.281 e. The molecule has 0 saturated heterocycles. The summed E-state index contributed by atoms with van der Waals surface area (Å²) in [5, 5.41) is 17.4. The van der Waals surface area contributed by atoms with Crippen molar-refractivity contribution in [1.29, 1.82) is 0 Å². The zero-order chi connectivity index (χ0) is 26.2. The van der Waals surface area contributed by atoms with Crippen molar-refractivity contribution in [2.24, 2.45) is 16.6 Å². The second-order valence-electron chi connectivity index (χ2n) is 8.67. The summed E-state index contributed by atoms with van der Waals surface area (Å²) in [5.41, 5.74) is 5.17. The molecule has 4 N–H and O–H groups in total. The number of nitrogens with two attached hydrogens (primary N) is 1. The largest absolute Gasteiger partial charge is 0.505 e. The predicted octanol–water partition coefficient (Wildman–Crippen LogP) is 2.27. The third-order valence-corrected chi connectivity index (χ3v) is 7.82. The number of rotatable bonds is 8. The molecule has 13 heteroatoms. The maximum atomic E-state index is 13.4. The summed E-state index contributed by atoms with van der Waals surface area (Å²) in [7, 11) is -4.20. The van der Waals surface area contributed by atoms with E-state index in [2.05, 4.69) is 14.8 Å². The number of amides is 1. The van der Waals surface area contributed by atoms with E-state index < -0.39 is 33.8 Å². The van der Waals surface area contributed by atoms with E-state index in [1.54, 1.807) is 0 Å². The number of hydrogen-bond acceptors (Lipinski definition) is 9. The van der Waals surface area contributed by atoms with Crippen LogP contribution in [-0.4, -0.2) is 41.7 Å². The highest BCUT2D eigenvalue weighted by Gasteiger charge is 2.32. The molecular formula is C23H25N5O6S2. The van der Waals surface area contributed by atoms with Crippen molar-refractivity contribution in [2.45, 2.75) is 38.6 Å². The summed E-state index contributed by atoms with van der Waals surface area (Å²) in [6.07, 6.45) is 0.648. The van der Waals surface area contributed by atoms with Crippen LogP contribution >= 0.6 is 11.3 Å². The number of hydrogen-bond donors (Lipinski definition) is 3. The molecule has 1 aliphatic rings. The highest BCUT2D eigenvalue weighted by atomic mass is 32.2. The SMILES string of the molecule is Cc1ccsc1-c1nn(CCC(C)C)c(=O)c(C2=Nc3ccc(OCC(N)=O)cc3S(=O)(=O)N2)c1O. The molecule has 1 aromatic carbocycles. The van der Waals surface area contributed by atoms with Gasteiger partial charge in [0.2, 0.25) is 0 Å². The van der Waals surface area contributed by atoms with E-state index in [-0.39, 0.29) is 45.9 Å². The molecular weight excluding hydrogens is 506 g/mol. The molecule has 0 bridgehead atoms. The summed E-state index contributed by atoms with van der Waals surface area (Å²) in [6, 6.07) is 5.87. The van der Waals surface area contributed by atoms with Gasteiger partial charge in [-0.3, -0.25) is 14.3 Å².